The molecule has 2 aromatic carbocycles. The molecule has 1 N–H and O–H groups in total. The van der Waals surface area contributed by atoms with Gasteiger partial charge in [-0.05, 0) is 35.4 Å². The number of amides is 1. The van der Waals surface area contributed by atoms with Gasteiger partial charge in [0, 0.05) is 18.4 Å². The molecule has 0 unspecified atom stereocenters. The van der Waals surface area contributed by atoms with Crippen LogP contribution in [-0.4, -0.2) is 20.6 Å². The number of nitrogens with one attached hydrogen (secondary N) is 1. The summed E-state index contributed by atoms with van der Waals surface area (Å²) in [5.74, 6) is -0.581. The fourth-order valence-electron chi connectivity index (χ4n) is 2.20. The van der Waals surface area contributed by atoms with Gasteiger partial charge in [0.1, 0.15) is 0 Å². The number of rotatable bonds is 5. The van der Waals surface area contributed by atoms with Gasteiger partial charge in [-0.15, -0.1) is 0 Å². The highest BCUT2D eigenvalue weighted by atomic mass is 32.2. The van der Waals surface area contributed by atoms with Gasteiger partial charge >= 0.3 is 6.18 Å². The second-order valence-electron chi connectivity index (χ2n) is 5.65. The number of carbonyl (C=O) groups excluding carboxylic acids is 1. The molecule has 0 aliphatic carbocycles. The van der Waals surface area contributed by atoms with Gasteiger partial charge in [0.2, 0.25) is 0 Å². The van der Waals surface area contributed by atoms with Crippen molar-refractivity contribution in [3.05, 3.63) is 70.8 Å². The fourth-order valence-corrected chi connectivity index (χ4v) is 3.00. The summed E-state index contributed by atoms with van der Waals surface area (Å²) in [6.07, 6.45) is -3.32. The van der Waals surface area contributed by atoms with Gasteiger partial charge in [-0.2, -0.15) is 13.2 Å². The van der Waals surface area contributed by atoms with E-state index in [1.807, 2.05) is 0 Å². The van der Waals surface area contributed by atoms with Crippen LogP contribution in [0.15, 0.2) is 48.5 Å². The van der Waals surface area contributed by atoms with E-state index in [1.54, 1.807) is 0 Å². The van der Waals surface area contributed by atoms with E-state index >= 15 is 0 Å². The fraction of sp³-hybridized carbons (Fsp3) is 0.235. The van der Waals surface area contributed by atoms with Crippen LogP contribution in [0.3, 0.4) is 0 Å². The molecule has 0 saturated heterocycles. The van der Waals surface area contributed by atoms with E-state index in [2.05, 4.69) is 5.32 Å². The Morgan fingerprint density at radius 2 is 1.68 bits per heavy atom. The maximum Gasteiger partial charge on any atom is 0.416 e. The number of sulfone groups is 1. The van der Waals surface area contributed by atoms with E-state index in [-0.39, 0.29) is 12.3 Å². The summed E-state index contributed by atoms with van der Waals surface area (Å²) in [6, 6.07) is 10.7. The van der Waals surface area contributed by atoms with Gasteiger partial charge in [0.15, 0.2) is 9.84 Å². The normalized spacial score (nSPS) is 12.0. The SMILES string of the molecule is CS(=O)(=O)Cc1ccc(C(=O)NCc2cccc(C(F)(F)F)c2)cc1. The standard InChI is InChI=1S/C17H16F3NO3S/c1-25(23,24)11-12-5-7-14(8-6-12)16(22)21-10-13-3-2-4-15(9-13)17(18,19)20/h2-9H,10-11H2,1H3,(H,21,22). The summed E-state index contributed by atoms with van der Waals surface area (Å²) in [4.78, 5) is 12.0. The van der Waals surface area contributed by atoms with Gasteiger partial charge in [-0.1, -0.05) is 24.3 Å². The Morgan fingerprint density at radius 3 is 2.24 bits per heavy atom. The lowest BCUT2D eigenvalue weighted by molar-refractivity contribution is -0.137. The first-order valence-corrected chi connectivity index (χ1v) is 9.32. The molecule has 2 rings (SSSR count). The molecule has 0 spiro atoms. The van der Waals surface area contributed by atoms with Gasteiger partial charge in [-0.25, -0.2) is 8.42 Å². The largest absolute Gasteiger partial charge is 0.416 e. The Hall–Kier alpha value is -2.35. The Balaban J connectivity index is 2.01. The minimum Gasteiger partial charge on any atom is -0.348 e. The minimum absolute atomic E-state index is 0.0478. The van der Waals surface area contributed by atoms with Crippen LogP contribution < -0.4 is 5.32 Å². The average Bonchev–Trinajstić information content (AvgIpc) is 2.51. The van der Waals surface area contributed by atoms with E-state index in [9.17, 15) is 26.4 Å². The first kappa shape index (κ1) is 19.0. The van der Waals surface area contributed by atoms with Crippen molar-refractivity contribution >= 4 is 15.7 Å². The van der Waals surface area contributed by atoms with Gasteiger partial charge < -0.3 is 5.32 Å². The maximum absolute atomic E-state index is 12.7. The zero-order valence-electron chi connectivity index (χ0n) is 13.3. The number of hydrogen-bond donors (Lipinski definition) is 1. The molecule has 25 heavy (non-hydrogen) atoms. The lowest BCUT2D eigenvalue weighted by Gasteiger charge is -2.10. The highest BCUT2D eigenvalue weighted by molar-refractivity contribution is 7.89. The summed E-state index contributed by atoms with van der Waals surface area (Å²) in [5.41, 5.74) is 0.405. The first-order chi connectivity index (χ1) is 11.5. The molecule has 0 aromatic heterocycles. The average molecular weight is 371 g/mol. The molecule has 4 nitrogen and oxygen atoms in total. The van der Waals surface area contributed by atoms with Crippen LogP contribution in [0, 0.1) is 0 Å². The molecule has 0 atom stereocenters. The lowest BCUT2D eigenvalue weighted by atomic mass is 10.1. The van der Waals surface area contributed by atoms with Crippen molar-refractivity contribution in [2.45, 2.75) is 18.5 Å². The van der Waals surface area contributed by atoms with Crippen LogP contribution in [-0.2, 0) is 28.3 Å². The monoisotopic (exact) mass is 371 g/mol. The van der Waals surface area contributed by atoms with E-state index < -0.39 is 27.5 Å². The van der Waals surface area contributed by atoms with Gasteiger partial charge in [0.05, 0.1) is 11.3 Å². The molecular formula is C17H16F3NO3S. The van der Waals surface area contributed by atoms with Crippen molar-refractivity contribution in [2.24, 2.45) is 0 Å². The topological polar surface area (TPSA) is 63.2 Å². The van der Waals surface area contributed by atoms with Crippen LogP contribution in [0.25, 0.3) is 0 Å². The van der Waals surface area contributed by atoms with Crippen LogP contribution in [0.4, 0.5) is 13.2 Å². The number of benzene rings is 2. The van der Waals surface area contributed by atoms with Crippen molar-refractivity contribution < 1.29 is 26.4 Å². The van der Waals surface area contributed by atoms with Gasteiger partial charge in [-0.3, -0.25) is 4.79 Å². The van der Waals surface area contributed by atoms with Crippen LogP contribution in [0.1, 0.15) is 27.0 Å². The predicted octanol–water partition coefficient (Wildman–Crippen LogP) is 3.18. The Kier molecular flexibility index (Phi) is 5.52. The summed E-state index contributed by atoms with van der Waals surface area (Å²) in [7, 11) is -3.17. The quantitative estimate of drug-likeness (QED) is 0.878. The highest BCUT2D eigenvalue weighted by Crippen LogP contribution is 2.29. The molecule has 134 valence electrons. The molecule has 0 bridgehead atoms. The van der Waals surface area contributed by atoms with Crippen LogP contribution in [0.2, 0.25) is 0 Å². The molecular weight excluding hydrogens is 355 g/mol. The predicted molar refractivity (Wildman–Crippen MR) is 87.6 cm³/mol. The Bertz CT molecular complexity index is 859. The number of halogens is 3. The number of carbonyl (C=O) groups is 1. The Morgan fingerprint density at radius 1 is 1.04 bits per heavy atom. The van der Waals surface area contributed by atoms with Crippen molar-refractivity contribution in [3.63, 3.8) is 0 Å². The molecule has 0 radical (unpaired) electrons. The molecule has 1 amide bonds. The molecule has 0 saturated carbocycles. The van der Waals surface area contributed by atoms with Crippen molar-refractivity contribution in [3.8, 4) is 0 Å². The molecule has 0 heterocycles. The van der Waals surface area contributed by atoms with E-state index in [4.69, 9.17) is 0 Å². The zero-order valence-corrected chi connectivity index (χ0v) is 14.1. The van der Waals surface area contributed by atoms with E-state index in [0.717, 1.165) is 18.4 Å². The zero-order chi connectivity index (χ0) is 18.7. The molecule has 8 heteroatoms. The molecule has 0 fully saturated rings. The third-order valence-corrected chi connectivity index (χ3v) is 4.21. The molecule has 2 aromatic rings. The smallest absolute Gasteiger partial charge is 0.348 e. The van der Waals surface area contributed by atoms with Gasteiger partial charge in [0.25, 0.3) is 5.91 Å². The Labute approximate surface area is 143 Å². The first-order valence-electron chi connectivity index (χ1n) is 7.25. The second-order valence-corrected chi connectivity index (χ2v) is 7.79. The third-order valence-electron chi connectivity index (χ3n) is 3.35. The maximum atomic E-state index is 12.7. The second kappa shape index (κ2) is 7.26. The molecule has 0 aliphatic heterocycles. The summed E-state index contributed by atoms with van der Waals surface area (Å²) >= 11 is 0. The van der Waals surface area contributed by atoms with E-state index in [1.165, 1.54) is 36.4 Å². The lowest BCUT2D eigenvalue weighted by Crippen LogP contribution is -2.23. The highest BCUT2D eigenvalue weighted by Gasteiger charge is 2.30. The van der Waals surface area contributed by atoms with Crippen molar-refractivity contribution in [2.75, 3.05) is 6.26 Å². The van der Waals surface area contributed by atoms with E-state index in [0.29, 0.717) is 16.7 Å². The summed E-state index contributed by atoms with van der Waals surface area (Å²) in [6.45, 7) is -0.0478. The number of alkyl halides is 3. The van der Waals surface area contributed by atoms with Crippen LogP contribution in [0.5, 0.6) is 0 Å². The van der Waals surface area contributed by atoms with Crippen LogP contribution >= 0.6 is 0 Å². The van der Waals surface area contributed by atoms with Crippen molar-refractivity contribution in [1.82, 2.24) is 5.32 Å². The molecule has 0 aliphatic rings. The minimum atomic E-state index is -4.44. The number of hydrogen-bond acceptors (Lipinski definition) is 3. The summed E-state index contributed by atoms with van der Waals surface area (Å²) in [5, 5.41) is 2.54. The summed E-state index contributed by atoms with van der Waals surface area (Å²) < 4.78 is 60.4. The van der Waals surface area contributed by atoms with Crippen molar-refractivity contribution in [1.29, 1.82) is 0 Å². The third kappa shape index (κ3) is 5.90.